The van der Waals surface area contributed by atoms with Crippen molar-refractivity contribution in [2.24, 2.45) is 0 Å². The fourth-order valence-electron chi connectivity index (χ4n) is 4.17. The van der Waals surface area contributed by atoms with E-state index >= 15 is 0 Å². The third-order valence-corrected chi connectivity index (χ3v) is 6.19. The van der Waals surface area contributed by atoms with Gasteiger partial charge >= 0.3 is 0 Å². The number of benzene rings is 2. The molecule has 1 N–H and O–H groups in total. The van der Waals surface area contributed by atoms with Gasteiger partial charge < -0.3 is 19.1 Å². The number of hydrogen-bond donors (Lipinski definition) is 1. The van der Waals surface area contributed by atoms with E-state index in [2.05, 4.69) is 25.2 Å². The molecule has 0 atom stereocenters. The van der Waals surface area contributed by atoms with Crippen LogP contribution in [0.15, 0.2) is 53.1 Å². The average Bonchev–Trinajstić information content (AvgIpc) is 3.31. The Balaban J connectivity index is 1.21. The van der Waals surface area contributed by atoms with E-state index in [0.717, 1.165) is 65.7 Å². The van der Waals surface area contributed by atoms with E-state index in [4.69, 9.17) is 9.26 Å². The lowest BCUT2D eigenvalue weighted by Crippen LogP contribution is -2.11. The van der Waals surface area contributed by atoms with Gasteiger partial charge in [-0.25, -0.2) is 0 Å². The van der Waals surface area contributed by atoms with Crippen molar-refractivity contribution in [3.63, 3.8) is 0 Å². The number of hydrogen-bond acceptors (Lipinski definition) is 6. The second kappa shape index (κ2) is 9.51. The van der Waals surface area contributed by atoms with Gasteiger partial charge in [-0.15, -0.1) is 10.2 Å². The molecule has 1 aliphatic heterocycles. The minimum absolute atomic E-state index is 0.179. The third kappa shape index (κ3) is 4.57. The predicted octanol–water partition coefficient (Wildman–Crippen LogP) is 5.11. The molecule has 0 radical (unpaired) electrons. The lowest BCUT2D eigenvalue weighted by Gasteiger charge is -2.09. The molecule has 174 valence electrons. The predicted molar refractivity (Wildman–Crippen MR) is 128 cm³/mol. The normalized spacial score (nSPS) is 13.2. The van der Waals surface area contributed by atoms with Crippen molar-refractivity contribution in [3.05, 3.63) is 76.9 Å². The van der Waals surface area contributed by atoms with Gasteiger partial charge in [0.2, 0.25) is 0 Å². The van der Waals surface area contributed by atoms with Gasteiger partial charge in [-0.3, -0.25) is 4.79 Å². The maximum atomic E-state index is 12.7. The number of amides is 1. The van der Waals surface area contributed by atoms with Crippen molar-refractivity contribution < 1.29 is 14.1 Å². The summed E-state index contributed by atoms with van der Waals surface area (Å²) in [6.07, 6.45) is 4.51. The second-order valence-electron chi connectivity index (χ2n) is 8.55. The Bertz CT molecular complexity index is 1270. The molecule has 4 aromatic rings. The molecule has 8 heteroatoms. The van der Waals surface area contributed by atoms with Gasteiger partial charge in [0.1, 0.15) is 23.9 Å². The van der Waals surface area contributed by atoms with Crippen LogP contribution in [0.3, 0.4) is 0 Å². The standard InChI is InChI=1S/C26H27N5O3/c1-17-23(18(2)34-30-17)16-33-22-13-9-20(10-14-22)26(32)27-21-11-7-19(8-12-21)25-29-28-24-6-4-3-5-15-31(24)25/h7-14H,3-6,15-16H2,1-2H3,(H,27,32). The lowest BCUT2D eigenvalue weighted by atomic mass is 10.1. The Morgan fingerprint density at radius 2 is 1.82 bits per heavy atom. The molecule has 1 amide bonds. The second-order valence-corrected chi connectivity index (χ2v) is 8.55. The molecule has 0 saturated carbocycles. The number of ether oxygens (including phenoxy) is 1. The van der Waals surface area contributed by atoms with E-state index in [1.165, 1.54) is 6.42 Å². The lowest BCUT2D eigenvalue weighted by molar-refractivity contribution is 0.102. The fraction of sp³-hybridized carbons (Fsp3) is 0.308. The minimum Gasteiger partial charge on any atom is -0.489 e. The van der Waals surface area contributed by atoms with Crippen LogP contribution in [0.25, 0.3) is 11.4 Å². The van der Waals surface area contributed by atoms with Crippen molar-refractivity contribution in [3.8, 4) is 17.1 Å². The molecule has 0 spiro atoms. The Morgan fingerprint density at radius 1 is 1.03 bits per heavy atom. The topological polar surface area (TPSA) is 95.1 Å². The molecule has 2 aromatic heterocycles. The highest BCUT2D eigenvalue weighted by molar-refractivity contribution is 6.04. The summed E-state index contributed by atoms with van der Waals surface area (Å²) in [5, 5.41) is 15.7. The highest BCUT2D eigenvalue weighted by atomic mass is 16.5. The van der Waals surface area contributed by atoms with Crippen molar-refractivity contribution in [2.45, 2.75) is 52.7 Å². The van der Waals surface area contributed by atoms with Crippen molar-refractivity contribution in [1.29, 1.82) is 0 Å². The first-order valence-electron chi connectivity index (χ1n) is 11.6. The number of aromatic nitrogens is 4. The zero-order valence-corrected chi connectivity index (χ0v) is 19.4. The molecule has 1 aliphatic rings. The zero-order valence-electron chi connectivity index (χ0n) is 19.4. The van der Waals surface area contributed by atoms with Crippen LogP contribution in [0.5, 0.6) is 5.75 Å². The SMILES string of the molecule is Cc1noc(C)c1COc1ccc(C(=O)Nc2ccc(-c3nnc4n3CCCCC4)cc2)cc1. The summed E-state index contributed by atoms with van der Waals surface area (Å²) in [5.41, 5.74) is 4.03. The molecule has 0 unspecified atom stereocenters. The van der Waals surface area contributed by atoms with Gasteiger partial charge in [0.05, 0.1) is 11.3 Å². The smallest absolute Gasteiger partial charge is 0.255 e. The minimum atomic E-state index is -0.179. The summed E-state index contributed by atoms with van der Waals surface area (Å²) < 4.78 is 13.2. The van der Waals surface area contributed by atoms with Gasteiger partial charge in [0, 0.05) is 29.8 Å². The van der Waals surface area contributed by atoms with Crippen LogP contribution >= 0.6 is 0 Å². The summed E-state index contributed by atoms with van der Waals surface area (Å²) in [7, 11) is 0. The van der Waals surface area contributed by atoms with Gasteiger partial charge in [0.25, 0.3) is 5.91 Å². The number of aryl methyl sites for hydroxylation is 3. The average molecular weight is 458 g/mol. The molecule has 5 rings (SSSR count). The van der Waals surface area contributed by atoms with Crippen molar-refractivity contribution in [2.75, 3.05) is 5.32 Å². The largest absolute Gasteiger partial charge is 0.489 e. The van der Waals surface area contributed by atoms with Gasteiger partial charge in [-0.2, -0.15) is 0 Å². The van der Waals surface area contributed by atoms with Crippen LogP contribution in [0.4, 0.5) is 5.69 Å². The number of rotatable bonds is 6. The van der Waals surface area contributed by atoms with E-state index in [1.807, 2.05) is 38.1 Å². The van der Waals surface area contributed by atoms with Crippen molar-refractivity contribution >= 4 is 11.6 Å². The molecule has 0 saturated heterocycles. The van der Waals surface area contributed by atoms with Gasteiger partial charge in [0.15, 0.2) is 5.82 Å². The molecule has 34 heavy (non-hydrogen) atoms. The summed E-state index contributed by atoms with van der Waals surface area (Å²) in [6, 6.07) is 14.8. The van der Waals surface area contributed by atoms with Crippen LogP contribution in [0, 0.1) is 13.8 Å². The summed E-state index contributed by atoms with van der Waals surface area (Å²) in [5.74, 6) is 3.19. The summed E-state index contributed by atoms with van der Waals surface area (Å²) >= 11 is 0. The number of nitrogens with one attached hydrogen (secondary N) is 1. The van der Waals surface area contributed by atoms with E-state index in [-0.39, 0.29) is 5.91 Å². The van der Waals surface area contributed by atoms with E-state index < -0.39 is 0 Å². The molecule has 2 aromatic carbocycles. The molecule has 0 fully saturated rings. The first kappa shape index (κ1) is 21.9. The van der Waals surface area contributed by atoms with Crippen LogP contribution in [0.2, 0.25) is 0 Å². The summed E-state index contributed by atoms with van der Waals surface area (Å²) in [4.78, 5) is 12.7. The van der Waals surface area contributed by atoms with E-state index in [9.17, 15) is 4.79 Å². The number of nitrogens with zero attached hydrogens (tertiary/aromatic N) is 4. The fourth-order valence-corrected chi connectivity index (χ4v) is 4.17. The number of carbonyl (C=O) groups is 1. The Kier molecular flexibility index (Phi) is 6.12. The molecular formula is C26H27N5O3. The molecule has 8 nitrogen and oxygen atoms in total. The molecule has 3 heterocycles. The zero-order chi connectivity index (χ0) is 23.5. The third-order valence-electron chi connectivity index (χ3n) is 6.19. The highest BCUT2D eigenvalue weighted by Gasteiger charge is 2.16. The van der Waals surface area contributed by atoms with Crippen LogP contribution in [-0.2, 0) is 19.6 Å². The quantitative estimate of drug-likeness (QED) is 0.432. The first-order chi connectivity index (χ1) is 16.6. The monoisotopic (exact) mass is 457 g/mol. The maximum Gasteiger partial charge on any atom is 0.255 e. The Labute approximate surface area is 197 Å². The number of fused-ring (bicyclic) bond motifs is 1. The highest BCUT2D eigenvalue weighted by Crippen LogP contribution is 2.24. The van der Waals surface area contributed by atoms with Gasteiger partial charge in [-0.05, 0) is 75.2 Å². The van der Waals surface area contributed by atoms with Crippen LogP contribution in [-0.4, -0.2) is 25.8 Å². The maximum absolute atomic E-state index is 12.7. The van der Waals surface area contributed by atoms with Gasteiger partial charge in [-0.1, -0.05) is 11.6 Å². The van der Waals surface area contributed by atoms with Crippen LogP contribution in [0.1, 0.15) is 52.5 Å². The Hall–Kier alpha value is -3.94. The molecule has 0 bridgehead atoms. The first-order valence-corrected chi connectivity index (χ1v) is 11.6. The summed E-state index contributed by atoms with van der Waals surface area (Å²) in [6.45, 7) is 5.07. The molecular weight excluding hydrogens is 430 g/mol. The van der Waals surface area contributed by atoms with E-state index in [0.29, 0.717) is 17.9 Å². The number of carbonyl (C=O) groups excluding carboxylic acids is 1. The van der Waals surface area contributed by atoms with Crippen molar-refractivity contribution in [1.82, 2.24) is 19.9 Å². The molecule has 0 aliphatic carbocycles. The Morgan fingerprint density at radius 3 is 2.56 bits per heavy atom. The number of anilines is 1. The van der Waals surface area contributed by atoms with E-state index in [1.54, 1.807) is 24.3 Å². The van der Waals surface area contributed by atoms with Crippen LogP contribution < -0.4 is 10.1 Å².